The summed E-state index contributed by atoms with van der Waals surface area (Å²) in [6.45, 7) is 3.77. The lowest BCUT2D eigenvalue weighted by atomic mass is 10.1. The molecule has 0 aliphatic carbocycles. The largest absolute Gasteiger partial charge is 0.494 e. The van der Waals surface area contributed by atoms with Gasteiger partial charge in [0.1, 0.15) is 0 Å². The summed E-state index contributed by atoms with van der Waals surface area (Å²) in [5.41, 5.74) is 2.17. The van der Waals surface area contributed by atoms with E-state index in [1.807, 2.05) is 32.0 Å². The van der Waals surface area contributed by atoms with Gasteiger partial charge in [0.2, 0.25) is 0 Å². The number of carbonyl (C=O) groups is 1. The molecule has 0 aliphatic rings. The minimum atomic E-state index is -0.522. The van der Waals surface area contributed by atoms with Crippen molar-refractivity contribution < 1.29 is 9.90 Å². The molecule has 1 aromatic heterocycles. The van der Waals surface area contributed by atoms with Gasteiger partial charge in [0.05, 0.1) is 5.56 Å². The van der Waals surface area contributed by atoms with Crippen LogP contribution in [0.2, 0.25) is 0 Å². The molecule has 0 saturated carbocycles. The van der Waals surface area contributed by atoms with Crippen molar-refractivity contribution in [2.24, 2.45) is 0 Å². The molecule has 0 spiro atoms. The summed E-state index contributed by atoms with van der Waals surface area (Å²) < 4.78 is 0. The summed E-state index contributed by atoms with van der Waals surface area (Å²) >= 11 is 0. The Morgan fingerprint density at radius 2 is 1.84 bits per heavy atom. The first-order chi connectivity index (χ1) is 8.97. The maximum atomic E-state index is 12.0. The Labute approximate surface area is 109 Å². The molecule has 0 unspecified atom stereocenters. The van der Waals surface area contributed by atoms with E-state index in [9.17, 15) is 14.7 Å². The van der Waals surface area contributed by atoms with Gasteiger partial charge in [-0.2, -0.15) is 0 Å². The van der Waals surface area contributed by atoms with E-state index < -0.39 is 11.5 Å². The molecular weight excluding hydrogens is 244 g/mol. The lowest BCUT2D eigenvalue weighted by Crippen LogP contribution is -2.17. The van der Waals surface area contributed by atoms with Gasteiger partial charge in [0, 0.05) is 17.8 Å². The van der Waals surface area contributed by atoms with E-state index in [4.69, 9.17) is 0 Å². The molecule has 0 atom stereocenters. The third-order valence-corrected chi connectivity index (χ3v) is 2.81. The number of para-hydroxylation sites is 1. The van der Waals surface area contributed by atoms with E-state index in [1.54, 1.807) is 0 Å². The van der Waals surface area contributed by atoms with Crippen molar-refractivity contribution in [2.75, 3.05) is 5.32 Å². The van der Waals surface area contributed by atoms with Crippen LogP contribution in [0.4, 0.5) is 5.69 Å². The van der Waals surface area contributed by atoms with Crippen LogP contribution in [0.25, 0.3) is 0 Å². The quantitative estimate of drug-likeness (QED) is 0.770. The van der Waals surface area contributed by atoms with E-state index in [0.717, 1.165) is 17.2 Å². The molecule has 0 bridgehead atoms. The van der Waals surface area contributed by atoms with E-state index in [-0.39, 0.29) is 11.4 Å². The summed E-state index contributed by atoms with van der Waals surface area (Å²) in [5, 5.41) is 12.0. The van der Waals surface area contributed by atoms with Gasteiger partial charge in [-0.3, -0.25) is 14.6 Å². The predicted octanol–water partition coefficient (Wildman–Crippen LogP) is 1.95. The standard InChI is InChI=1S/C14H14N2O3/c1-8-4-3-5-9(2)13(8)16-14(19)10-6-11(17)15-12(18)7-10/h3-7H,1-2H3,(H,16,19)(H2,15,17,18). The molecule has 2 aromatic rings. The number of benzene rings is 1. The topological polar surface area (TPSA) is 82.2 Å². The van der Waals surface area contributed by atoms with Gasteiger partial charge in [-0.15, -0.1) is 0 Å². The zero-order valence-electron chi connectivity index (χ0n) is 10.7. The number of rotatable bonds is 2. The van der Waals surface area contributed by atoms with Crippen molar-refractivity contribution >= 4 is 11.6 Å². The highest BCUT2D eigenvalue weighted by molar-refractivity contribution is 6.05. The normalized spacial score (nSPS) is 10.2. The molecule has 0 radical (unpaired) electrons. The first kappa shape index (κ1) is 12.9. The van der Waals surface area contributed by atoms with Crippen LogP contribution in [0.5, 0.6) is 5.88 Å². The van der Waals surface area contributed by atoms with Crippen LogP contribution in [0, 0.1) is 13.8 Å². The fourth-order valence-electron chi connectivity index (χ4n) is 1.86. The Morgan fingerprint density at radius 3 is 2.42 bits per heavy atom. The molecular formula is C14H14N2O3. The van der Waals surface area contributed by atoms with Crippen LogP contribution in [0.15, 0.2) is 35.1 Å². The number of anilines is 1. The SMILES string of the molecule is Cc1cccc(C)c1NC(=O)c1cc(O)[nH]c(=O)c1. The lowest BCUT2D eigenvalue weighted by molar-refractivity contribution is 0.102. The van der Waals surface area contributed by atoms with Gasteiger partial charge in [0.25, 0.3) is 11.5 Å². The number of amides is 1. The number of aromatic amines is 1. The number of pyridine rings is 1. The van der Waals surface area contributed by atoms with Crippen molar-refractivity contribution in [2.45, 2.75) is 13.8 Å². The summed E-state index contributed by atoms with van der Waals surface area (Å²) in [6.07, 6.45) is 0. The van der Waals surface area contributed by atoms with Gasteiger partial charge in [-0.05, 0) is 25.0 Å². The van der Waals surface area contributed by atoms with Gasteiger partial charge < -0.3 is 10.4 Å². The molecule has 3 N–H and O–H groups in total. The van der Waals surface area contributed by atoms with E-state index >= 15 is 0 Å². The summed E-state index contributed by atoms with van der Waals surface area (Å²) in [4.78, 5) is 25.4. The van der Waals surface area contributed by atoms with E-state index in [2.05, 4.69) is 10.3 Å². The second-order valence-corrected chi connectivity index (χ2v) is 4.34. The van der Waals surface area contributed by atoms with Crippen molar-refractivity contribution in [1.29, 1.82) is 0 Å². The van der Waals surface area contributed by atoms with E-state index in [0.29, 0.717) is 5.69 Å². The monoisotopic (exact) mass is 258 g/mol. The third-order valence-electron chi connectivity index (χ3n) is 2.81. The van der Waals surface area contributed by atoms with Gasteiger partial charge in [-0.1, -0.05) is 18.2 Å². The Kier molecular flexibility index (Phi) is 3.37. The maximum absolute atomic E-state index is 12.0. The Hall–Kier alpha value is -2.56. The average molecular weight is 258 g/mol. The van der Waals surface area contributed by atoms with Gasteiger partial charge in [-0.25, -0.2) is 0 Å². The molecule has 5 heteroatoms. The molecule has 1 amide bonds. The number of H-pyrrole nitrogens is 1. The van der Waals surface area contributed by atoms with Crippen molar-refractivity contribution in [3.8, 4) is 5.88 Å². The summed E-state index contributed by atoms with van der Waals surface area (Å²) in [7, 11) is 0. The Morgan fingerprint density at radius 1 is 1.21 bits per heavy atom. The molecule has 5 nitrogen and oxygen atoms in total. The highest BCUT2D eigenvalue weighted by Crippen LogP contribution is 2.20. The second kappa shape index (κ2) is 4.97. The maximum Gasteiger partial charge on any atom is 0.256 e. The molecule has 1 aromatic carbocycles. The van der Waals surface area contributed by atoms with Crippen LogP contribution < -0.4 is 10.9 Å². The number of aromatic nitrogens is 1. The minimum absolute atomic E-state index is 0.115. The number of aromatic hydroxyl groups is 1. The Bertz CT molecular complexity index is 669. The highest BCUT2D eigenvalue weighted by atomic mass is 16.3. The number of hydrogen-bond acceptors (Lipinski definition) is 3. The zero-order chi connectivity index (χ0) is 14.0. The number of nitrogens with one attached hydrogen (secondary N) is 2. The van der Waals surface area contributed by atoms with Crippen molar-refractivity contribution in [1.82, 2.24) is 4.98 Å². The fraction of sp³-hybridized carbons (Fsp3) is 0.143. The zero-order valence-corrected chi connectivity index (χ0v) is 10.7. The number of hydrogen-bond donors (Lipinski definition) is 3. The minimum Gasteiger partial charge on any atom is -0.494 e. The van der Waals surface area contributed by atoms with Gasteiger partial charge >= 0.3 is 0 Å². The molecule has 0 saturated heterocycles. The molecule has 2 rings (SSSR count). The van der Waals surface area contributed by atoms with Crippen LogP contribution >= 0.6 is 0 Å². The number of aryl methyl sites for hydroxylation is 2. The first-order valence-corrected chi connectivity index (χ1v) is 5.78. The highest BCUT2D eigenvalue weighted by Gasteiger charge is 2.11. The Balaban J connectivity index is 2.33. The molecule has 19 heavy (non-hydrogen) atoms. The first-order valence-electron chi connectivity index (χ1n) is 5.78. The summed E-state index contributed by atoms with van der Waals surface area (Å²) in [6, 6.07) is 8.03. The number of carbonyl (C=O) groups excluding carboxylic acids is 1. The van der Waals surface area contributed by atoms with Crippen molar-refractivity contribution in [3.05, 3.63) is 57.4 Å². The van der Waals surface area contributed by atoms with Gasteiger partial charge in [0.15, 0.2) is 5.88 Å². The smallest absolute Gasteiger partial charge is 0.256 e. The van der Waals surface area contributed by atoms with Crippen LogP contribution in [-0.2, 0) is 0 Å². The lowest BCUT2D eigenvalue weighted by Gasteiger charge is -2.11. The van der Waals surface area contributed by atoms with Crippen LogP contribution in [0.3, 0.4) is 0 Å². The fourth-order valence-corrected chi connectivity index (χ4v) is 1.86. The third kappa shape index (κ3) is 2.82. The van der Waals surface area contributed by atoms with E-state index in [1.165, 1.54) is 6.07 Å². The summed E-state index contributed by atoms with van der Waals surface area (Å²) in [5.74, 6) is -0.766. The molecule has 1 heterocycles. The molecule has 98 valence electrons. The molecule has 0 fully saturated rings. The van der Waals surface area contributed by atoms with Crippen molar-refractivity contribution in [3.63, 3.8) is 0 Å². The van der Waals surface area contributed by atoms with Crippen LogP contribution in [-0.4, -0.2) is 16.0 Å². The second-order valence-electron chi connectivity index (χ2n) is 4.34. The molecule has 0 aliphatic heterocycles. The van der Waals surface area contributed by atoms with Crippen LogP contribution in [0.1, 0.15) is 21.5 Å². The average Bonchev–Trinajstić information content (AvgIpc) is 2.32. The predicted molar refractivity (Wildman–Crippen MR) is 72.6 cm³/mol.